The molecule has 0 heterocycles. The average molecular weight is 428 g/mol. The van der Waals surface area contributed by atoms with Gasteiger partial charge in [0, 0.05) is 12.1 Å². The number of benzene rings is 4. The molecule has 0 bridgehead atoms. The largest absolute Gasteiger partial charge is 0.299 e. The fourth-order valence-electron chi connectivity index (χ4n) is 3.87. The van der Waals surface area contributed by atoms with Crippen LogP contribution in [0.4, 0.5) is 0 Å². The Morgan fingerprint density at radius 1 is 0.567 bits per heavy atom. The molecule has 0 spiro atoms. The first kappa shape index (κ1) is 20.8. The lowest BCUT2D eigenvalue weighted by molar-refractivity contribution is 0.561. The maximum atomic E-state index is 6.66. The Kier molecular flexibility index (Phi) is 6.59. The smallest absolute Gasteiger partial charge is 0.0698 e. The molecule has 4 aromatic carbocycles. The van der Waals surface area contributed by atoms with Crippen molar-refractivity contribution in [2.45, 2.75) is 18.7 Å². The fraction of sp³-hybridized carbons (Fsp3) is 0.111. The Morgan fingerprint density at radius 3 is 1.37 bits per heavy atom. The van der Waals surface area contributed by atoms with Crippen molar-refractivity contribution in [3.63, 3.8) is 0 Å². The first-order valence-corrected chi connectivity index (χ1v) is 13.1. The Balaban J connectivity index is 1.87. The summed E-state index contributed by atoms with van der Waals surface area (Å²) < 4.78 is 0. The maximum absolute atomic E-state index is 6.66. The molecule has 30 heavy (non-hydrogen) atoms. The van der Waals surface area contributed by atoms with Gasteiger partial charge < -0.3 is 0 Å². The number of rotatable bonds is 7. The molecule has 1 N–H and O–H groups in total. The van der Waals surface area contributed by atoms with Crippen LogP contribution in [0.1, 0.15) is 29.9 Å². The summed E-state index contributed by atoms with van der Waals surface area (Å²) in [5.41, 5.74) is 2.50. The molecule has 3 heteroatoms. The molecule has 0 aliphatic rings. The molecular formula is C27H26NPS. The number of hydrogen-bond donors (Lipinski definition) is 1. The zero-order chi connectivity index (χ0) is 20.8. The quantitative estimate of drug-likeness (QED) is 0.354. The first-order valence-electron chi connectivity index (χ1n) is 10.3. The third-order valence-corrected chi connectivity index (χ3v) is 10.7. The predicted molar refractivity (Wildman–Crippen MR) is 134 cm³/mol. The molecule has 2 atom stereocenters. The van der Waals surface area contributed by atoms with Gasteiger partial charge in [-0.05, 0) is 28.7 Å². The number of nitrogens with one attached hydrogen (secondary N) is 1. The summed E-state index contributed by atoms with van der Waals surface area (Å²) in [4.78, 5) is 0. The Bertz CT molecular complexity index is 1060. The Morgan fingerprint density at radius 2 is 0.933 bits per heavy atom. The minimum absolute atomic E-state index is 0.0220. The van der Waals surface area contributed by atoms with E-state index in [1.807, 2.05) is 0 Å². The van der Waals surface area contributed by atoms with E-state index in [1.54, 1.807) is 0 Å². The third-order valence-electron chi connectivity index (χ3n) is 5.47. The molecule has 0 aromatic heterocycles. The molecule has 150 valence electrons. The predicted octanol–water partition coefficient (Wildman–Crippen LogP) is 6.17. The summed E-state index contributed by atoms with van der Waals surface area (Å²) in [5, 5.41) is 6.39. The summed E-state index contributed by atoms with van der Waals surface area (Å²) in [6, 6.07) is 40.5. The van der Waals surface area contributed by atoms with Crippen LogP contribution >= 0.6 is 6.04 Å². The Labute approximate surface area is 184 Å². The van der Waals surface area contributed by atoms with Crippen LogP contribution in [0, 0.1) is 0 Å². The SMILES string of the molecule is C[C@H](N[C@H](c1ccccc1)P(=S)(c1ccccc1)c1ccccc1)c1ccccc1. The topological polar surface area (TPSA) is 12.0 Å². The van der Waals surface area contributed by atoms with Crippen molar-refractivity contribution in [3.8, 4) is 0 Å². The van der Waals surface area contributed by atoms with Crippen LogP contribution in [0.25, 0.3) is 0 Å². The lowest BCUT2D eigenvalue weighted by atomic mass is 10.1. The van der Waals surface area contributed by atoms with Gasteiger partial charge in [-0.25, -0.2) is 0 Å². The van der Waals surface area contributed by atoms with Gasteiger partial charge in [0.15, 0.2) is 0 Å². The lowest BCUT2D eigenvalue weighted by Gasteiger charge is -2.35. The van der Waals surface area contributed by atoms with Gasteiger partial charge in [0.05, 0.1) is 5.78 Å². The summed E-state index contributed by atoms with van der Waals surface area (Å²) in [6.07, 6.45) is 0. The van der Waals surface area contributed by atoms with Crippen molar-refractivity contribution in [3.05, 3.63) is 132 Å². The van der Waals surface area contributed by atoms with Gasteiger partial charge in [0.2, 0.25) is 0 Å². The highest BCUT2D eigenvalue weighted by molar-refractivity contribution is 8.22. The molecule has 0 saturated carbocycles. The maximum Gasteiger partial charge on any atom is 0.0698 e. The van der Waals surface area contributed by atoms with Crippen LogP contribution in [0.15, 0.2) is 121 Å². The summed E-state index contributed by atoms with van der Waals surface area (Å²) in [5.74, 6) is 0.0220. The van der Waals surface area contributed by atoms with Crippen LogP contribution in [0.2, 0.25) is 0 Å². The van der Waals surface area contributed by atoms with E-state index in [4.69, 9.17) is 11.8 Å². The van der Waals surface area contributed by atoms with Gasteiger partial charge in [-0.15, -0.1) is 0 Å². The van der Waals surface area contributed by atoms with Crippen molar-refractivity contribution in [2.24, 2.45) is 0 Å². The molecule has 0 aliphatic heterocycles. The number of hydrogen-bond acceptors (Lipinski definition) is 2. The van der Waals surface area contributed by atoms with Gasteiger partial charge in [0.1, 0.15) is 0 Å². The first-order chi connectivity index (χ1) is 14.7. The molecule has 0 unspecified atom stereocenters. The summed E-state index contributed by atoms with van der Waals surface area (Å²) in [6.45, 7) is 2.22. The van der Waals surface area contributed by atoms with E-state index in [2.05, 4.69) is 134 Å². The van der Waals surface area contributed by atoms with E-state index >= 15 is 0 Å². The average Bonchev–Trinajstić information content (AvgIpc) is 2.84. The fourth-order valence-corrected chi connectivity index (χ4v) is 8.30. The van der Waals surface area contributed by atoms with E-state index < -0.39 is 6.04 Å². The highest BCUT2D eigenvalue weighted by atomic mass is 32.4. The zero-order valence-electron chi connectivity index (χ0n) is 17.1. The second kappa shape index (κ2) is 9.53. The van der Waals surface area contributed by atoms with Gasteiger partial charge in [-0.1, -0.05) is 133 Å². The molecule has 4 aromatic rings. The van der Waals surface area contributed by atoms with E-state index in [9.17, 15) is 0 Å². The highest BCUT2D eigenvalue weighted by Crippen LogP contribution is 2.56. The van der Waals surface area contributed by atoms with Crippen LogP contribution < -0.4 is 15.9 Å². The molecule has 0 radical (unpaired) electrons. The van der Waals surface area contributed by atoms with Crippen LogP contribution in [-0.4, -0.2) is 0 Å². The molecule has 0 saturated heterocycles. The molecule has 4 rings (SSSR count). The highest BCUT2D eigenvalue weighted by Gasteiger charge is 2.34. The van der Waals surface area contributed by atoms with Gasteiger partial charge >= 0.3 is 0 Å². The molecule has 0 fully saturated rings. The molecular weight excluding hydrogens is 401 g/mol. The van der Waals surface area contributed by atoms with Gasteiger partial charge in [-0.2, -0.15) is 0 Å². The molecule has 0 amide bonds. The third kappa shape index (κ3) is 4.32. The van der Waals surface area contributed by atoms with Crippen molar-refractivity contribution >= 4 is 28.5 Å². The van der Waals surface area contributed by atoms with Crippen molar-refractivity contribution < 1.29 is 0 Å². The van der Waals surface area contributed by atoms with Gasteiger partial charge in [0.25, 0.3) is 0 Å². The molecule has 0 aliphatic carbocycles. The van der Waals surface area contributed by atoms with Crippen LogP contribution in [-0.2, 0) is 11.8 Å². The van der Waals surface area contributed by atoms with E-state index in [0.717, 1.165) is 0 Å². The minimum Gasteiger partial charge on any atom is -0.299 e. The minimum atomic E-state index is -2.21. The molecule has 1 nitrogen and oxygen atoms in total. The lowest BCUT2D eigenvalue weighted by Crippen LogP contribution is -2.32. The normalized spacial score (nSPS) is 13.5. The van der Waals surface area contributed by atoms with E-state index in [0.29, 0.717) is 0 Å². The van der Waals surface area contributed by atoms with Crippen molar-refractivity contribution in [2.75, 3.05) is 0 Å². The van der Waals surface area contributed by atoms with E-state index in [-0.39, 0.29) is 11.8 Å². The Hall–Kier alpha value is -2.51. The second-order valence-electron chi connectivity index (χ2n) is 7.44. The van der Waals surface area contributed by atoms with Crippen molar-refractivity contribution in [1.82, 2.24) is 5.32 Å². The summed E-state index contributed by atoms with van der Waals surface area (Å²) in [7, 11) is 0. The standard InChI is InChI=1S/C27H26NPS/c1-22(23-14-6-2-7-15-23)28-27(24-16-8-3-9-17-24)29(30,25-18-10-4-11-19-25)26-20-12-5-13-21-26/h2-22,27-28H,1H3/t22-,27-/m0/s1. The van der Waals surface area contributed by atoms with Crippen molar-refractivity contribution in [1.29, 1.82) is 0 Å². The van der Waals surface area contributed by atoms with E-state index in [1.165, 1.54) is 21.7 Å². The second-order valence-corrected chi connectivity index (χ2v) is 12.0. The van der Waals surface area contributed by atoms with Crippen LogP contribution in [0.5, 0.6) is 0 Å². The van der Waals surface area contributed by atoms with Crippen LogP contribution in [0.3, 0.4) is 0 Å². The summed E-state index contributed by atoms with van der Waals surface area (Å²) >= 11 is 6.66. The zero-order valence-corrected chi connectivity index (χ0v) is 18.8. The monoisotopic (exact) mass is 427 g/mol. The van der Waals surface area contributed by atoms with Gasteiger partial charge in [-0.3, -0.25) is 5.32 Å².